The molecule has 0 amide bonds. The van der Waals surface area contributed by atoms with Gasteiger partial charge in [0.2, 0.25) is 0 Å². The summed E-state index contributed by atoms with van der Waals surface area (Å²) in [5, 5.41) is 0. The first-order valence-corrected chi connectivity index (χ1v) is 6.03. The molecule has 16 heavy (non-hydrogen) atoms. The fourth-order valence-corrected chi connectivity index (χ4v) is 2.22. The van der Waals surface area contributed by atoms with Crippen LogP contribution in [0.5, 0.6) is 0 Å². The van der Waals surface area contributed by atoms with Crippen LogP contribution in [0.4, 0.5) is 0 Å². The smallest absolute Gasteiger partial charge is 0.0597 e. The lowest BCUT2D eigenvalue weighted by molar-refractivity contribution is -0.0550. The standard InChI is InChI=1S/C14H21NO/c1-11(2)7-12-3-5-13(6-4-12)14(8-15)9-16-10-14/h3-6,11H,7-10,15H2,1-2H3. The number of hydrogen-bond acceptors (Lipinski definition) is 2. The molecule has 1 aromatic carbocycles. The van der Waals surface area contributed by atoms with Crippen molar-refractivity contribution >= 4 is 0 Å². The van der Waals surface area contributed by atoms with E-state index in [-0.39, 0.29) is 5.41 Å². The van der Waals surface area contributed by atoms with E-state index >= 15 is 0 Å². The Labute approximate surface area is 97.8 Å². The Bertz CT molecular complexity index is 333. The second-order valence-electron chi connectivity index (χ2n) is 5.27. The lowest BCUT2D eigenvalue weighted by Crippen LogP contribution is -2.52. The summed E-state index contributed by atoms with van der Waals surface area (Å²) < 4.78 is 5.30. The molecule has 0 unspecified atom stereocenters. The van der Waals surface area contributed by atoms with E-state index < -0.39 is 0 Å². The topological polar surface area (TPSA) is 35.2 Å². The van der Waals surface area contributed by atoms with Crippen LogP contribution in [0.25, 0.3) is 0 Å². The van der Waals surface area contributed by atoms with E-state index in [1.54, 1.807) is 0 Å². The minimum atomic E-state index is 0.0936. The maximum Gasteiger partial charge on any atom is 0.0597 e. The molecule has 0 aromatic heterocycles. The highest BCUT2D eigenvalue weighted by Crippen LogP contribution is 2.31. The van der Waals surface area contributed by atoms with E-state index in [4.69, 9.17) is 10.5 Å². The van der Waals surface area contributed by atoms with Gasteiger partial charge in [0.25, 0.3) is 0 Å². The van der Waals surface area contributed by atoms with Gasteiger partial charge >= 0.3 is 0 Å². The molecule has 1 saturated heterocycles. The van der Waals surface area contributed by atoms with Crippen molar-refractivity contribution in [3.05, 3.63) is 35.4 Å². The zero-order valence-corrected chi connectivity index (χ0v) is 10.2. The highest BCUT2D eigenvalue weighted by molar-refractivity contribution is 5.31. The normalized spacial score (nSPS) is 18.5. The van der Waals surface area contributed by atoms with Gasteiger partial charge in [-0.15, -0.1) is 0 Å². The molecule has 2 rings (SSSR count). The van der Waals surface area contributed by atoms with Gasteiger partial charge in [0.05, 0.1) is 18.6 Å². The summed E-state index contributed by atoms with van der Waals surface area (Å²) in [5.74, 6) is 0.710. The Balaban J connectivity index is 2.12. The number of nitrogens with two attached hydrogens (primary N) is 1. The van der Waals surface area contributed by atoms with Gasteiger partial charge in [0.15, 0.2) is 0 Å². The maximum absolute atomic E-state index is 5.84. The Morgan fingerprint density at radius 1 is 1.25 bits per heavy atom. The second kappa shape index (κ2) is 4.56. The predicted octanol–water partition coefficient (Wildman–Crippen LogP) is 2.11. The minimum Gasteiger partial charge on any atom is -0.379 e. The van der Waals surface area contributed by atoms with Crippen molar-refractivity contribution in [3.8, 4) is 0 Å². The third-order valence-corrected chi connectivity index (χ3v) is 3.36. The highest BCUT2D eigenvalue weighted by atomic mass is 16.5. The molecule has 1 heterocycles. The van der Waals surface area contributed by atoms with Gasteiger partial charge in [-0.3, -0.25) is 0 Å². The molecule has 2 nitrogen and oxygen atoms in total. The summed E-state index contributed by atoms with van der Waals surface area (Å²) in [7, 11) is 0. The van der Waals surface area contributed by atoms with Gasteiger partial charge in [-0.2, -0.15) is 0 Å². The molecule has 0 bridgehead atoms. The van der Waals surface area contributed by atoms with Gasteiger partial charge in [0.1, 0.15) is 0 Å². The van der Waals surface area contributed by atoms with Gasteiger partial charge < -0.3 is 10.5 Å². The second-order valence-corrected chi connectivity index (χ2v) is 5.27. The molecule has 1 aliphatic heterocycles. The Kier molecular flexibility index (Phi) is 3.31. The number of benzene rings is 1. The van der Waals surface area contributed by atoms with Crippen molar-refractivity contribution in [1.29, 1.82) is 0 Å². The van der Waals surface area contributed by atoms with Crippen LogP contribution in [0.3, 0.4) is 0 Å². The lowest BCUT2D eigenvalue weighted by Gasteiger charge is -2.41. The first-order valence-electron chi connectivity index (χ1n) is 6.03. The average molecular weight is 219 g/mol. The SMILES string of the molecule is CC(C)Cc1ccc(C2(CN)COC2)cc1. The Morgan fingerprint density at radius 3 is 2.25 bits per heavy atom. The molecule has 0 saturated carbocycles. The fourth-order valence-electron chi connectivity index (χ4n) is 2.22. The summed E-state index contributed by atoms with van der Waals surface area (Å²) in [6, 6.07) is 8.89. The minimum absolute atomic E-state index is 0.0936. The molecule has 2 N–H and O–H groups in total. The third kappa shape index (κ3) is 2.13. The molecule has 1 fully saturated rings. The van der Waals surface area contributed by atoms with Crippen LogP contribution in [0.2, 0.25) is 0 Å². The summed E-state index contributed by atoms with van der Waals surface area (Å²) >= 11 is 0. The van der Waals surface area contributed by atoms with Crippen molar-refractivity contribution in [3.63, 3.8) is 0 Å². The van der Waals surface area contributed by atoms with Gasteiger partial charge in [0, 0.05) is 6.54 Å². The predicted molar refractivity (Wildman–Crippen MR) is 66.5 cm³/mol. The van der Waals surface area contributed by atoms with E-state index in [0.717, 1.165) is 19.6 Å². The molecule has 2 heteroatoms. The van der Waals surface area contributed by atoms with Crippen LogP contribution in [0.15, 0.2) is 24.3 Å². The van der Waals surface area contributed by atoms with Crippen LogP contribution in [-0.2, 0) is 16.6 Å². The quantitative estimate of drug-likeness (QED) is 0.841. The van der Waals surface area contributed by atoms with Gasteiger partial charge in [-0.1, -0.05) is 38.1 Å². The Hall–Kier alpha value is -0.860. The van der Waals surface area contributed by atoms with Crippen LogP contribution in [0, 0.1) is 5.92 Å². The van der Waals surface area contributed by atoms with E-state index in [1.165, 1.54) is 11.1 Å². The number of hydrogen-bond donors (Lipinski definition) is 1. The number of ether oxygens (including phenoxy) is 1. The van der Waals surface area contributed by atoms with Gasteiger partial charge in [-0.25, -0.2) is 0 Å². The molecule has 0 aliphatic carbocycles. The monoisotopic (exact) mass is 219 g/mol. The summed E-state index contributed by atoms with van der Waals surface area (Å²) in [6.07, 6.45) is 1.15. The van der Waals surface area contributed by atoms with Crippen LogP contribution in [-0.4, -0.2) is 19.8 Å². The fraction of sp³-hybridized carbons (Fsp3) is 0.571. The number of rotatable bonds is 4. The van der Waals surface area contributed by atoms with Crippen LogP contribution < -0.4 is 5.73 Å². The largest absolute Gasteiger partial charge is 0.379 e. The van der Waals surface area contributed by atoms with Crippen molar-refractivity contribution in [2.75, 3.05) is 19.8 Å². The molecule has 0 spiro atoms. The maximum atomic E-state index is 5.84. The molecule has 1 aliphatic rings. The molecule has 88 valence electrons. The zero-order chi connectivity index (χ0) is 11.6. The van der Waals surface area contributed by atoms with Crippen molar-refractivity contribution in [2.45, 2.75) is 25.7 Å². The molecular formula is C14H21NO. The van der Waals surface area contributed by atoms with Crippen molar-refractivity contribution < 1.29 is 4.74 Å². The Morgan fingerprint density at radius 2 is 1.88 bits per heavy atom. The van der Waals surface area contributed by atoms with Crippen molar-refractivity contribution in [2.24, 2.45) is 11.7 Å². The zero-order valence-electron chi connectivity index (χ0n) is 10.2. The molecule has 0 atom stereocenters. The van der Waals surface area contributed by atoms with Crippen LogP contribution >= 0.6 is 0 Å². The van der Waals surface area contributed by atoms with Crippen LogP contribution in [0.1, 0.15) is 25.0 Å². The van der Waals surface area contributed by atoms with E-state index in [1.807, 2.05) is 0 Å². The molecular weight excluding hydrogens is 198 g/mol. The molecule has 1 aromatic rings. The lowest BCUT2D eigenvalue weighted by atomic mass is 9.78. The van der Waals surface area contributed by atoms with E-state index in [0.29, 0.717) is 12.5 Å². The third-order valence-electron chi connectivity index (χ3n) is 3.36. The first kappa shape index (κ1) is 11.6. The summed E-state index contributed by atoms with van der Waals surface area (Å²) in [5.41, 5.74) is 8.67. The average Bonchev–Trinajstić information content (AvgIpc) is 2.19. The summed E-state index contributed by atoms with van der Waals surface area (Å²) in [6.45, 7) is 6.71. The van der Waals surface area contributed by atoms with E-state index in [9.17, 15) is 0 Å². The first-order chi connectivity index (χ1) is 7.66. The highest BCUT2D eigenvalue weighted by Gasteiger charge is 2.38. The van der Waals surface area contributed by atoms with Gasteiger partial charge in [-0.05, 0) is 23.5 Å². The summed E-state index contributed by atoms with van der Waals surface area (Å²) in [4.78, 5) is 0. The van der Waals surface area contributed by atoms with Crippen molar-refractivity contribution in [1.82, 2.24) is 0 Å². The van der Waals surface area contributed by atoms with E-state index in [2.05, 4.69) is 38.1 Å². The molecule has 0 radical (unpaired) electrons.